The van der Waals surface area contributed by atoms with Crippen LogP contribution < -0.4 is 5.32 Å². The van der Waals surface area contributed by atoms with E-state index in [0.29, 0.717) is 19.6 Å². The van der Waals surface area contributed by atoms with Crippen molar-refractivity contribution in [1.29, 1.82) is 0 Å². The first-order chi connectivity index (χ1) is 5.77. The van der Waals surface area contributed by atoms with Crippen molar-refractivity contribution < 1.29 is 14.3 Å². The van der Waals surface area contributed by atoms with Gasteiger partial charge in [0, 0.05) is 13.5 Å². The monoisotopic (exact) mass is 173 g/mol. The molecule has 70 valence electrons. The van der Waals surface area contributed by atoms with E-state index in [1.165, 1.54) is 0 Å². The van der Waals surface area contributed by atoms with Crippen LogP contribution in [-0.4, -0.2) is 45.3 Å². The van der Waals surface area contributed by atoms with Crippen molar-refractivity contribution in [3.05, 3.63) is 0 Å². The summed E-state index contributed by atoms with van der Waals surface area (Å²) in [5.41, 5.74) is 0. The Morgan fingerprint density at radius 2 is 2.50 bits per heavy atom. The van der Waals surface area contributed by atoms with Gasteiger partial charge in [0.2, 0.25) is 0 Å². The lowest BCUT2D eigenvalue weighted by atomic mass is 10.0. The molecule has 0 aromatic rings. The van der Waals surface area contributed by atoms with E-state index in [9.17, 15) is 4.79 Å². The predicted octanol–water partition coefficient (Wildman–Crippen LogP) is -0.421. The van der Waals surface area contributed by atoms with Gasteiger partial charge < -0.3 is 14.8 Å². The second-order valence-electron chi connectivity index (χ2n) is 2.92. The molecule has 0 bridgehead atoms. The van der Waals surface area contributed by atoms with Crippen LogP contribution in [0, 0.1) is 0 Å². The number of Topliss-reactive ketones (excluding diaryl/α,β-unsaturated/α-hetero) is 1. The van der Waals surface area contributed by atoms with Crippen LogP contribution >= 0.6 is 0 Å². The molecule has 0 amide bonds. The smallest absolute Gasteiger partial charge is 0.154 e. The van der Waals surface area contributed by atoms with E-state index in [0.717, 1.165) is 0 Å². The van der Waals surface area contributed by atoms with Gasteiger partial charge in [-0.15, -0.1) is 0 Å². The van der Waals surface area contributed by atoms with Crippen LogP contribution in [0.4, 0.5) is 0 Å². The summed E-state index contributed by atoms with van der Waals surface area (Å²) in [7, 11) is 3.38. The highest BCUT2D eigenvalue weighted by Gasteiger charge is 2.27. The van der Waals surface area contributed by atoms with Gasteiger partial charge in [-0.2, -0.15) is 0 Å². The van der Waals surface area contributed by atoms with Crippen molar-refractivity contribution in [3.63, 3.8) is 0 Å². The molecule has 0 saturated carbocycles. The lowest BCUT2D eigenvalue weighted by molar-refractivity contribution is -0.134. The summed E-state index contributed by atoms with van der Waals surface area (Å²) in [5.74, 6) is 0.214. The molecule has 0 aliphatic carbocycles. The summed E-state index contributed by atoms with van der Waals surface area (Å²) < 4.78 is 10.3. The maximum absolute atomic E-state index is 11.3. The topological polar surface area (TPSA) is 47.6 Å². The Hall–Kier alpha value is -0.450. The van der Waals surface area contributed by atoms with Crippen molar-refractivity contribution in [3.8, 4) is 0 Å². The number of hydrogen-bond acceptors (Lipinski definition) is 4. The molecular weight excluding hydrogens is 158 g/mol. The summed E-state index contributed by atoms with van der Waals surface area (Å²) in [4.78, 5) is 11.3. The fourth-order valence-electron chi connectivity index (χ4n) is 1.29. The van der Waals surface area contributed by atoms with Gasteiger partial charge in [-0.1, -0.05) is 0 Å². The molecule has 4 heteroatoms. The molecule has 1 N–H and O–H groups in total. The number of nitrogens with one attached hydrogen (secondary N) is 1. The average molecular weight is 173 g/mol. The van der Waals surface area contributed by atoms with Crippen LogP contribution in [0.3, 0.4) is 0 Å². The molecule has 1 saturated heterocycles. The van der Waals surface area contributed by atoms with E-state index >= 15 is 0 Å². The Morgan fingerprint density at radius 3 is 3.00 bits per heavy atom. The van der Waals surface area contributed by atoms with Crippen molar-refractivity contribution >= 4 is 5.78 Å². The number of likely N-dealkylation sites (N-methyl/N-ethyl adjacent to an activating group) is 1. The number of carbonyl (C=O) groups excluding carboxylic acids is 1. The molecule has 12 heavy (non-hydrogen) atoms. The lowest BCUT2D eigenvalue weighted by Gasteiger charge is -2.26. The molecule has 1 fully saturated rings. The molecule has 1 aliphatic heterocycles. The first kappa shape index (κ1) is 9.64. The third kappa shape index (κ3) is 2.27. The standard InChI is InChI=1S/C8H15NO3/c1-9-7-5-12-6(4-11-2)3-8(7)10/h6-7,9H,3-5H2,1-2H3. The molecule has 4 nitrogen and oxygen atoms in total. The Labute approximate surface area is 72.2 Å². The van der Waals surface area contributed by atoms with E-state index in [-0.39, 0.29) is 17.9 Å². The quantitative estimate of drug-likeness (QED) is 0.629. The SMILES string of the molecule is CNC1COC(COC)CC1=O. The molecule has 0 aromatic carbocycles. The van der Waals surface area contributed by atoms with Crippen molar-refractivity contribution in [2.24, 2.45) is 0 Å². The van der Waals surface area contributed by atoms with Crippen molar-refractivity contribution in [2.45, 2.75) is 18.6 Å². The largest absolute Gasteiger partial charge is 0.382 e. The Kier molecular flexibility index (Phi) is 3.65. The van der Waals surface area contributed by atoms with Crippen molar-refractivity contribution in [1.82, 2.24) is 5.32 Å². The van der Waals surface area contributed by atoms with Gasteiger partial charge >= 0.3 is 0 Å². The van der Waals surface area contributed by atoms with Crippen LogP contribution in [0.2, 0.25) is 0 Å². The highest BCUT2D eigenvalue weighted by Crippen LogP contribution is 2.10. The number of carbonyl (C=O) groups is 1. The second kappa shape index (κ2) is 4.54. The molecule has 0 radical (unpaired) electrons. The summed E-state index contributed by atoms with van der Waals surface area (Å²) >= 11 is 0. The Balaban J connectivity index is 2.35. The minimum Gasteiger partial charge on any atom is -0.382 e. The van der Waals surface area contributed by atoms with Gasteiger partial charge in [0.25, 0.3) is 0 Å². The number of rotatable bonds is 3. The van der Waals surface area contributed by atoms with E-state index in [4.69, 9.17) is 9.47 Å². The predicted molar refractivity (Wildman–Crippen MR) is 44.1 cm³/mol. The zero-order valence-electron chi connectivity index (χ0n) is 7.50. The summed E-state index contributed by atoms with van der Waals surface area (Å²) in [5, 5.41) is 2.90. The summed E-state index contributed by atoms with van der Waals surface area (Å²) in [6, 6.07) is -0.127. The fourth-order valence-corrected chi connectivity index (χ4v) is 1.29. The van der Waals surface area contributed by atoms with Gasteiger partial charge in [0.1, 0.15) is 0 Å². The third-order valence-corrected chi connectivity index (χ3v) is 2.02. The second-order valence-corrected chi connectivity index (χ2v) is 2.92. The molecular formula is C8H15NO3. The maximum atomic E-state index is 11.3. The minimum atomic E-state index is -0.127. The van der Waals surface area contributed by atoms with Gasteiger partial charge in [0.15, 0.2) is 5.78 Å². The zero-order chi connectivity index (χ0) is 8.97. The van der Waals surface area contributed by atoms with Gasteiger partial charge in [0.05, 0.1) is 25.4 Å². The number of ketones is 1. The Bertz CT molecular complexity index is 160. The highest BCUT2D eigenvalue weighted by molar-refractivity contribution is 5.85. The van der Waals surface area contributed by atoms with Crippen LogP contribution in [0.15, 0.2) is 0 Å². The fraction of sp³-hybridized carbons (Fsp3) is 0.875. The number of ether oxygens (including phenoxy) is 2. The van der Waals surface area contributed by atoms with E-state index < -0.39 is 0 Å². The lowest BCUT2D eigenvalue weighted by Crippen LogP contribution is -2.46. The van der Waals surface area contributed by atoms with Crippen molar-refractivity contribution in [2.75, 3.05) is 27.4 Å². The van der Waals surface area contributed by atoms with Crippen LogP contribution in [0.1, 0.15) is 6.42 Å². The van der Waals surface area contributed by atoms with E-state index in [1.54, 1.807) is 14.2 Å². The third-order valence-electron chi connectivity index (χ3n) is 2.02. The zero-order valence-corrected chi connectivity index (χ0v) is 7.50. The molecule has 2 unspecified atom stereocenters. The van der Waals surface area contributed by atoms with Gasteiger partial charge in [-0.3, -0.25) is 4.79 Å². The molecule has 1 rings (SSSR count). The van der Waals surface area contributed by atoms with Crippen LogP contribution in [0.25, 0.3) is 0 Å². The van der Waals surface area contributed by atoms with Gasteiger partial charge in [-0.05, 0) is 7.05 Å². The Morgan fingerprint density at radius 1 is 1.75 bits per heavy atom. The summed E-state index contributed by atoms with van der Waals surface area (Å²) in [6.45, 7) is 0.964. The molecule has 2 atom stereocenters. The maximum Gasteiger partial charge on any atom is 0.154 e. The summed E-state index contributed by atoms with van der Waals surface area (Å²) in [6.07, 6.45) is 0.409. The normalized spacial score (nSPS) is 30.7. The average Bonchev–Trinajstić information content (AvgIpc) is 2.05. The van der Waals surface area contributed by atoms with E-state index in [1.807, 2.05) is 0 Å². The van der Waals surface area contributed by atoms with E-state index in [2.05, 4.69) is 5.32 Å². The highest BCUT2D eigenvalue weighted by atomic mass is 16.5. The van der Waals surface area contributed by atoms with Crippen LogP contribution in [-0.2, 0) is 14.3 Å². The van der Waals surface area contributed by atoms with Crippen LogP contribution in [0.5, 0.6) is 0 Å². The number of hydrogen-bond donors (Lipinski definition) is 1. The number of methoxy groups -OCH3 is 1. The molecule has 0 aromatic heterocycles. The first-order valence-corrected chi connectivity index (χ1v) is 4.08. The first-order valence-electron chi connectivity index (χ1n) is 4.08. The molecule has 0 spiro atoms. The minimum absolute atomic E-state index is 0.0490. The molecule has 1 aliphatic rings. The molecule has 1 heterocycles. The van der Waals surface area contributed by atoms with Gasteiger partial charge in [-0.25, -0.2) is 0 Å².